The monoisotopic (exact) mass is 161 g/mol. The summed E-state index contributed by atoms with van der Waals surface area (Å²) >= 11 is 0. The Labute approximate surface area is 71.6 Å². The number of fused-ring (bicyclic) bond motifs is 1. The summed E-state index contributed by atoms with van der Waals surface area (Å²) in [6, 6.07) is 8.13. The Hall–Kier alpha value is -1.15. The van der Waals surface area contributed by atoms with Crippen molar-refractivity contribution in [1.29, 1.82) is 0 Å². The van der Waals surface area contributed by atoms with Gasteiger partial charge in [0, 0.05) is 12.1 Å². The highest BCUT2D eigenvalue weighted by Crippen LogP contribution is 2.22. The van der Waals surface area contributed by atoms with Crippen molar-refractivity contribution in [2.75, 3.05) is 6.61 Å². The summed E-state index contributed by atoms with van der Waals surface area (Å²) < 4.78 is 0. The fourth-order valence-electron chi connectivity index (χ4n) is 1.54. The van der Waals surface area contributed by atoms with Crippen LogP contribution in [0.3, 0.4) is 0 Å². The molecule has 1 aliphatic heterocycles. The van der Waals surface area contributed by atoms with Gasteiger partial charge in [-0.15, -0.1) is 0 Å². The molecular weight excluding hydrogens is 150 g/mol. The molecule has 0 aromatic heterocycles. The first-order chi connectivity index (χ1) is 5.92. The zero-order valence-electron chi connectivity index (χ0n) is 6.77. The number of aliphatic hydroxyl groups is 1. The quantitative estimate of drug-likeness (QED) is 0.662. The van der Waals surface area contributed by atoms with E-state index in [2.05, 4.69) is 17.1 Å². The Balaban J connectivity index is 2.43. The van der Waals surface area contributed by atoms with Gasteiger partial charge in [0.05, 0.1) is 13.2 Å². The Bertz CT molecular complexity index is 306. The van der Waals surface area contributed by atoms with Gasteiger partial charge in [0.25, 0.3) is 0 Å². The molecule has 0 radical (unpaired) electrons. The van der Waals surface area contributed by atoms with E-state index in [4.69, 9.17) is 5.11 Å². The summed E-state index contributed by atoms with van der Waals surface area (Å²) in [5, 5.41) is 9.05. The van der Waals surface area contributed by atoms with Gasteiger partial charge >= 0.3 is 0 Å². The second kappa shape index (κ2) is 3.07. The second-order valence-corrected chi connectivity index (χ2v) is 2.98. The van der Waals surface area contributed by atoms with Crippen LogP contribution in [0.15, 0.2) is 29.3 Å². The van der Waals surface area contributed by atoms with Crippen molar-refractivity contribution >= 4 is 6.21 Å². The third-order valence-electron chi connectivity index (χ3n) is 2.20. The van der Waals surface area contributed by atoms with Gasteiger partial charge in [-0.3, -0.25) is 4.99 Å². The molecule has 12 heavy (non-hydrogen) atoms. The van der Waals surface area contributed by atoms with Gasteiger partial charge in [-0.1, -0.05) is 24.3 Å². The van der Waals surface area contributed by atoms with Crippen LogP contribution in [0.4, 0.5) is 0 Å². The minimum Gasteiger partial charge on any atom is -0.395 e. The molecule has 1 N–H and O–H groups in total. The molecule has 0 bridgehead atoms. The van der Waals surface area contributed by atoms with Crippen LogP contribution in [0.2, 0.25) is 0 Å². The number of hydrogen-bond acceptors (Lipinski definition) is 2. The van der Waals surface area contributed by atoms with E-state index >= 15 is 0 Å². The smallest absolute Gasteiger partial charge is 0.0639 e. The fourth-order valence-corrected chi connectivity index (χ4v) is 1.54. The van der Waals surface area contributed by atoms with Crippen LogP contribution < -0.4 is 0 Å². The molecule has 62 valence electrons. The largest absolute Gasteiger partial charge is 0.395 e. The third-order valence-corrected chi connectivity index (χ3v) is 2.20. The van der Waals surface area contributed by atoms with Crippen molar-refractivity contribution in [2.45, 2.75) is 12.5 Å². The molecule has 2 heteroatoms. The van der Waals surface area contributed by atoms with E-state index in [9.17, 15) is 0 Å². The molecule has 1 aromatic carbocycles. The van der Waals surface area contributed by atoms with E-state index in [1.165, 1.54) is 11.1 Å². The highest BCUT2D eigenvalue weighted by atomic mass is 16.3. The first kappa shape index (κ1) is 7.50. The van der Waals surface area contributed by atoms with E-state index in [0.29, 0.717) is 0 Å². The molecule has 1 aliphatic rings. The lowest BCUT2D eigenvalue weighted by Gasteiger charge is -2.17. The van der Waals surface area contributed by atoms with Gasteiger partial charge in [-0.2, -0.15) is 0 Å². The SMILES string of the molecule is OCC1C=NCc2ccccc21. The van der Waals surface area contributed by atoms with Crippen LogP contribution in [0.5, 0.6) is 0 Å². The topological polar surface area (TPSA) is 32.6 Å². The summed E-state index contributed by atoms with van der Waals surface area (Å²) in [7, 11) is 0. The summed E-state index contributed by atoms with van der Waals surface area (Å²) in [6.45, 7) is 0.910. The summed E-state index contributed by atoms with van der Waals surface area (Å²) in [4.78, 5) is 4.19. The highest BCUT2D eigenvalue weighted by molar-refractivity contribution is 5.70. The van der Waals surface area contributed by atoms with E-state index in [0.717, 1.165) is 6.54 Å². The molecular formula is C10H11NO. The van der Waals surface area contributed by atoms with Crippen molar-refractivity contribution in [3.05, 3.63) is 35.4 Å². The van der Waals surface area contributed by atoms with Crippen LogP contribution in [0, 0.1) is 0 Å². The molecule has 1 atom stereocenters. The number of benzene rings is 1. The minimum absolute atomic E-state index is 0.106. The molecule has 0 spiro atoms. The molecule has 0 fully saturated rings. The molecule has 1 unspecified atom stereocenters. The number of aliphatic imine (C=N–C) groups is 1. The maximum Gasteiger partial charge on any atom is 0.0639 e. The standard InChI is InChI=1S/C10H11NO/c12-7-9-6-11-5-8-3-1-2-4-10(8)9/h1-4,6,9,12H,5,7H2. The van der Waals surface area contributed by atoms with Gasteiger partial charge in [-0.25, -0.2) is 0 Å². The van der Waals surface area contributed by atoms with E-state index < -0.39 is 0 Å². The molecule has 1 heterocycles. The summed E-state index contributed by atoms with van der Waals surface area (Å²) in [5.41, 5.74) is 2.45. The lowest BCUT2D eigenvalue weighted by Crippen LogP contribution is -2.12. The Morgan fingerprint density at radius 1 is 1.42 bits per heavy atom. The lowest BCUT2D eigenvalue weighted by atomic mass is 9.94. The Kier molecular flexibility index (Phi) is 1.92. The molecule has 0 amide bonds. The Morgan fingerprint density at radius 3 is 3.08 bits per heavy atom. The van der Waals surface area contributed by atoms with E-state index in [-0.39, 0.29) is 12.5 Å². The van der Waals surface area contributed by atoms with Gasteiger partial charge in [0.2, 0.25) is 0 Å². The number of rotatable bonds is 1. The summed E-state index contributed by atoms with van der Waals surface area (Å²) in [6.07, 6.45) is 1.84. The average molecular weight is 161 g/mol. The van der Waals surface area contributed by atoms with Crippen LogP contribution in [-0.4, -0.2) is 17.9 Å². The summed E-state index contributed by atoms with van der Waals surface area (Å²) in [5.74, 6) is 0.106. The van der Waals surface area contributed by atoms with Gasteiger partial charge < -0.3 is 5.11 Å². The van der Waals surface area contributed by atoms with Crippen molar-refractivity contribution in [1.82, 2.24) is 0 Å². The molecule has 0 saturated heterocycles. The van der Waals surface area contributed by atoms with Crippen molar-refractivity contribution in [3.8, 4) is 0 Å². The molecule has 0 aliphatic carbocycles. The fraction of sp³-hybridized carbons (Fsp3) is 0.300. The maximum atomic E-state index is 9.05. The van der Waals surface area contributed by atoms with Crippen molar-refractivity contribution in [2.24, 2.45) is 4.99 Å². The third kappa shape index (κ3) is 1.14. The molecule has 0 saturated carbocycles. The number of aliphatic hydroxyl groups excluding tert-OH is 1. The predicted molar refractivity (Wildman–Crippen MR) is 48.5 cm³/mol. The normalized spacial score (nSPS) is 20.6. The second-order valence-electron chi connectivity index (χ2n) is 2.98. The maximum absolute atomic E-state index is 9.05. The van der Waals surface area contributed by atoms with Gasteiger partial charge in [0.15, 0.2) is 0 Å². The molecule has 2 rings (SSSR count). The Morgan fingerprint density at radius 2 is 2.25 bits per heavy atom. The van der Waals surface area contributed by atoms with Gasteiger partial charge in [-0.05, 0) is 11.1 Å². The van der Waals surface area contributed by atoms with Crippen molar-refractivity contribution in [3.63, 3.8) is 0 Å². The molecule has 2 nitrogen and oxygen atoms in total. The zero-order chi connectivity index (χ0) is 8.39. The van der Waals surface area contributed by atoms with E-state index in [1.54, 1.807) is 0 Å². The number of hydrogen-bond donors (Lipinski definition) is 1. The van der Waals surface area contributed by atoms with Crippen LogP contribution in [-0.2, 0) is 6.54 Å². The van der Waals surface area contributed by atoms with E-state index in [1.807, 2.05) is 18.3 Å². The van der Waals surface area contributed by atoms with Crippen LogP contribution in [0.25, 0.3) is 0 Å². The highest BCUT2D eigenvalue weighted by Gasteiger charge is 2.14. The first-order valence-corrected chi connectivity index (χ1v) is 4.10. The average Bonchev–Trinajstić information content (AvgIpc) is 2.17. The lowest BCUT2D eigenvalue weighted by molar-refractivity contribution is 0.290. The first-order valence-electron chi connectivity index (χ1n) is 4.10. The van der Waals surface area contributed by atoms with Crippen LogP contribution in [0.1, 0.15) is 17.0 Å². The van der Waals surface area contributed by atoms with Crippen molar-refractivity contribution < 1.29 is 5.11 Å². The van der Waals surface area contributed by atoms with Gasteiger partial charge in [0.1, 0.15) is 0 Å². The van der Waals surface area contributed by atoms with Crippen LogP contribution >= 0.6 is 0 Å². The number of nitrogens with zero attached hydrogens (tertiary/aromatic N) is 1. The zero-order valence-corrected chi connectivity index (χ0v) is 6.77. The molecule has 1 aromatic rings. The predicted octanol–water partition coefficient (Wildman–Crippen LogP) is 1.35. The minimum atomic E-state index is 0.106.